The van der Waals surface area contributed by atoms with Gasteiger partial charge >= 0.3 is 0 Å². The van der Waals surface area contributed by atoms with Gasteiger partial charge in [-0.15, -0.1) is 0 Å². The Balaban J connectivity index is 1.88. The third-order valence-corrected chi connectivity index (χ3v) is 5.28. The third-order valence-electron chi connectivity index (χ3n) is 5.28. The molecule has 9 nitrogen and oxygen atoms in total. The van der Waals surface area contributed by atoms with E-state index < -0.39 is 74.1 Å². The van der Waals surface area contributed by atoms with Crippen LogP contribution >= 0.6 is 0 Å². The van der Waals surface area contributed by atoms with E-state index in [0.29, 0.717) is 10.5 Å². The first-order valence-electron chi connectivity index (χ1n) is 18.3. The molecule has 0 aliphatic carbocycles. The molecule has 0 radical (unpaired) electrons. The van der Waals surface area contributed by atoms with Crippen molar-refractivity contribution in [1.29, 1.82) is 0 Å². The maximum atomic E-state index is 14.0. The molecule has 198 valence electrons. The van der Waals surface area contributed by atoms with E-state index >= 15 is 0 Å². The standard InChI is InChI=1S/C28H32FN7O2/c1-18(29)27(37)31-22-15-23(26(38-6)16-25(22)35(4)14-13-34(2)3)33-28-30-12-11-21(32-28)20-17-36(5)24-10-8-7-9-19(20)24/h7-12,15-17H,1,13-14H2,2-6H3,(H,31,37)(H,30,32,33)/i2D3,3D3,4D3,7D,8D,9D,10D,13D2. The minimum absolute atomic E-state index is 0.0758. The number of nitrogens with one attached hydrogen (secondary N) is 2. The number of hydrogen-bond donors (Lipinski definition) is 2. The molecule has 0 atom stereocenters. The fourth-order valence-corrected chi connectivity index (χ4v) is 3.55. The van der Waals surface area contributed by atoms with Crippen LogP contribution in [-0.4, -0.2) is 66.4 Å². The SMILES string of the molecule is [2H]c1c([2H])c([2H])c2c(c(-c3ccnc(Nc4cc(NC(=O)C(=C)F)c(N(CC([2H])([2H])N(C([2H])([2H])[2H])C([2H])([2H])[2H])C([2H])([2H])[2H])cc4OC)n3)cn2C)c1[2H]. The minimum Gasteiger partial charge on any atom is -0.494 e. The van der Waals surface area contributed by atoms with Crippen molar-refractivity contribution in [3.8, 4) is 17.0 Å². The molecule has 10 heteroatoms. The predicted octanol–water partition coefficient (Wildman–Crippen LogP) is 4.81. The van der Waals surface area contributed by atoms with Crippen LogP contribution in [0.5, 0.6) is 5.75 Å². The Kier molecular flexibility index (Phi) is 3.98. The Bertz CT molecular complexity index is 2070. The highest BCUT2D eigenvalue weighted by Crippen LogP contribution is 2.38. The maximum absolute atomic E-state index is 14.0. The molecule has 0 spiro atoms. The molecule has 2 heterocycles. The van der Waals surface area contributed by atoms with Gasteiger partial charge in [0.15, 0.2) is 5.83 Å². The molecule has 38 heavy (non-hydrogen) atoms. The van der Waals surface area contributed by atoms with Crippen molar-refractivity contribution in [2.45, 2.75) is 0 Å². The average molecular weight is 533 g/mol. The maximum Gasteiger partial charge on any atom is 0.283 e. The van der Waals surface area contributed by atoms with Gasteiger partial charge in [0.05, 0.1) is 35.3 Å². The molecule has 0 aliphatic heterocycles. The zero-order valence-electron chi connectivity index (χ0n) is 35.2. The van der Waals surface area contributed by atoms with Crippen molar-refractivity contribution >= 4 is 39.8 Å². The van der Waals surface area contributed by atoms with Gasteiger partial charge in [0.2, 0.25) is 5.95 Å². The number of carbonyl (C=O) groups is 1. The van der Waals surface area contributed by atoms with Crippen molar-refractivity contribution in [2.75, 3.05) is 56.6 Å². The molecule has 2 aromatic carbocycles. The molecule has 2 N–H and O–H groups in total. The van der Waals surface area contributed by atoms with Crippen LogP contribution < -0.4 is 20.3 Å². The normalized spacial score (nSPS) is 18.2. The molecule has 2 aromatic heterocycles. The van der Waals surface area contributed by atoms with Crippen LogP contribution in [0.4, 0.5) is 27.4 Å². The predicted molar refractivity (Wildman–Crippen MR) is 151 cm³/mol. The number of anilines is 4. The Morgan fingerprint density at radius 1 is 1.29 bits per heavy atom. The fraction of sp³-hybridized carbons (Fsp3) is 0.250. The van der Waals surface area contributed by atoms with E-state index in [1.165, 1.54) is 16.8 Å². The number of amides is 1. The summed E-state index contributed by atoms with van der Waals surface area (Å²) < 4.78 is 141. The summed E-state index contributed by atoms with van der Waals surface area (Å²) in [5.41, 5.74) is -0.397. The highest BCUT2D eigenvalue weighted by atomic mass is 19.1. The topological polar surface area (TPSA) is 87.6 Å². The number of ether oxygens (including phenoxy) is 1. The van der Waals surface area contributed by atoms with Crippen LogP contribution in [0.1, 0.15) is 20.6 Å². The second-order valence-corrected chi connectivity index (χ2v) is 7.78. The van der Waals surface area contributed by atoms with Gasteiger partial charge < -0.3 is 29.7 Å². The quantitative estimate of drug-likeness (QED) is 0.284. The average Bonchev–Trinajstić information content (AvgIpc) is 3.37. The first kappa shape index (κ1) is 13.4. The van der Waals surface area contributed by atoms with Gasteiger partial charge in [-0.1, -0.05) is 24.7 Å². The Hall–Kier alpha value is -4.44. The van der Waals surface area contributed by atoms with Crippen molar-refractivity contribution < 1.29 is 34.5 Å². The van der Waals surface area contributed by atoms with E-state index in [0.717, 1.165) is 19.2 Å². The van der Waals surface area contributed by atoms with Crippen LogP contribution in [0.25, 0.3) is 22.2 Å². The fourth-order valence-electron chi connectivity index (χ4n) is 3.55. The highest BCUT2D eigenvalue weighted by Gasteiger charge is 2.18. The number of aryl methyl sites for hydroxylation is 1. The monoisotopic (exact) mass is 532 g/mol. The van der Waals surface area contributed by atoms with Crippen molar-refractivity contribution in [2.24, 2.45) is 7.05 Å². The van der Waals surface area contributed by atoms with Crippen LogP contribution in [-0.2, 0) is 11.8 Å². The number of halogens is 1. The molecule has 0 saturated heterocycles. The van der Waals surface area contributed by atoms with Gasteiger partial charge in [-0.2, -0.15) is 0 Å². The summed E-state index contributed by atoms with van der Waals surface area (Å²) in [7, 11) is 2.76. The third kappa shape index (κ3) is 5.76. The number of benzene rings is 2. The van der Waals surface area contributed by atoms with Gasteiger partial charge in [-0.05, 0) is 32.1 Å². The molecular weight excluding hydrogens is 485 g/mol. The number of hydrogen-bond acceptors (Lipinski definition) is 7. The molecule has 4 aromatic rings. The van der Waals surface area contributed by atoms with Gasteiger partial charge in [0.1, 0.15) is 5.75 Å². The lowest BCUT2D eigenvalue weighted by Gasteiger charge is -2.26. The second-order valence-electron chi connectivity index (χ2n) is 7.78. The zero-order chi connectivity index (χ0) is 40.2. The number of carbonyl (C=O) groups excluding carboxylic acids is 1. The van der Waals surface area contributed by atoms with Gasteiger partial charge in [-0.25, -0.2) is 14.4 Å². The number of methoxy groups -OCH3 is 1. The lowest BCUT2D eigenvalue weighted by atomic mass is 10.1. The van der Waals surface area contributed by atoms with Crippen molar-refractivity contribution in [3.63, 3.8) is 0 Å². The summed E-state index contributed by atoms with van der Waals surface area (Å²) in [5, 5.41) is 5.13. The summed E-state index contributed by atoms with van der Waals surface area (Å²) >= 11 is 0. The Morgan fingerprint density at radius 3 is 2.84 bits per heavy atom. The summed E-state index contributed by atoms with van der Waals surface area (Å²) in [6.07, 6.45) is 2.88. The second kappa shape index (κ2) is 11.3. The summed E-state index contributed by atoms with van der Waals surface area (Å²) in [4.78, 5) is 21.0. The van der Waals surface area contributed by atoms with E-state index in [1.807, 2.05) is 0 Å². The molecular formula is C28H32FN7O2. The number of nitrogens with zero attached hydrogens (tertiary/aromatic N) is 5. The van der Waals surface area contributed by atoms with E-state index in [9.17, 15) is 9.18 Å². The van der Waals surface area contributed by atoms with Crippen molar-refractivity contribution in [3.05, 3.63) is 67.2 Å². The van der Waals surface area contributed by atoms with Gasteiger partial charge in [0.25, 0.3) is 5.91 Å². The summed E-state index contributed by atoms with van der Waals surface area (Å²) in [6, 6.07) is 2.07. The minimum atomic E-state index is -3.57. The number of aromatic nitrogens is 3. The molecule has 0 fully saturated rings. The number of rotatable bonds is 10. The number of fused-ring (bicyclic) bond motifs is 1. The first-order valence-corrected chi connectivity index (χ1v) is 10.8. The number of para-hydroxylation sites is 1. The van der Waals surface area contributed by atoms with E-state index in [1.54, 1.807) is 13.2 Å². The lowest BCUT2D eigenvalue weighted by molar-refractivity contribution is -0.114. The zero-order valence-corrected chi connectivity index (χ0v) is 20.2. The number of likely N-dealkylation sites (N-methyl/N-ethyl adjacent to an activating group) is 2. The van der Waals surface area contributed by atoms with Gasteiger partial charge in [-0.3, -0.25) is 4.79 Å². The Morgan fingerprint density at radius 2 is 2.11 bits per heavy atom. The first-order chi connectivity index (χ1) is 24.2. The molecule has 0 bridgehead atoms. The smallest absolute Gasteiger partial charge is 0.283 e. The van der Waals surface area contributed by atoms with Crippen LogP contribution in [0, 0.1) is 0 Å². The van der Waals surface area contributed by atoms with Crippen LogP contribution in [0.15, 0.2) is 67.2 Å². The summed E-state index contributed by atoms with van der Waals surface area (Å²) in [5.74, 6) is -3.28. The largest absolute Gasteiger partial charge is 0.494 e. The van der Waals surface area contributed by atoms with Crippen LogP contribution in [0.2, 0.25) is 0 Å². The molecule has 1 amide bonds. The van der Waals surface area contributed by atoms with E-state index in [2.05, 4.69) is 27.2 Å². The highest BCUT2D eigenvalue weighted by molar-refractivity contribution is 6.04. The van der Waals surface area contributed by atoms with Gasteiger partial charge in [0, 0.05) is 77.1 Å². The molecule has 0 saturated carbocycles. The lowest BCUT2D eigenvalue weighted by Crippen LogP contribution is -2.29. The summed E-state index contributed by atoms with van der Waals surface area (Å²) in [6.45, 7) is -12.4. The Labute approximate surface area is 242 Å². The molecule has 0 unspecified atom stereocenters. The van der Waals surface area contributed by atoms with Crippen molar-refractivity contribution in [1.82, 2.24) is 19.4 Å². The van der Waals surface area contributed by atoms with E-state index in [-0.39, 0.29) is 46.1 Å². The molecule has 0 aliphatic rings. The van der Waals surface area contributed by atoms with E-state index in [4.69, 9.17) is 25.3 Å². The molecule has 4 rings (SSSR count). The van der Waals surface area contributed by atoms with Crippen LogP contribution in [0.3, 0.4) is 0 Å².